The number of aromatic nitrogens is 1. The first-order valence-corrected chi connectivity index (χ1v) is 5.52. The Morgan fingerprint density at radius 2 is 2.11 bits per heavy atom. The second kappa shape index (κ2) is 5.87. The zero-order valence-electron chi connectivity index (χ0n) is 10.0. The largest absolute Gasteiger partial charge is 0.431 e. The van der Waals surface area contributed by atoms with E-state index in [0.717, 1.165) is 6.07 Å². The number of halogens is 3. The van der Waals surface area contributed by atoms with Gasteiger partial charge in [-0.3, -0.25) is 9.59 Å². The van der Waals surface area contributed by atoms with Gasteiger partial charge in [0.15, 0.2) is 0 Å². The molecule has 1 heterocycles. The molecule has 0 saturated carbocycles. The summed E-state index contributed by atoms with van der Waals surface area (Å²) in [5.41, 5.74) is -2.78. The zero-order chi connectivity index (χ0) is 14.6. The summed E-state index contributed by atoms with van der Waals surface area (Å²) in [5.74, 6) is -0.831. The Hall–Kier alpha value is -1.83. The van der Waals surface area contributed by atoms with Gasteiger partial charge in [0.1, 0.15) is 11.3 Å². The van der Waals surface area contributed by atoms with Crippen molar-refractivity contribution in [3.05, 3.63) is 33.7 Å². The van der Waals surface area contributed by atoms with Gasteiger partial charge in [-0.1, -0.05) is 6.92 Å². The number of hydrogen-bond acceptors (Lipinski definition) is 3. The molecule has 1 amide bonds. The van der Waals surface area contributed by atoms with Crippen molar-refractivity contribution in [3.63, 3.8) is 0 Å². The number of aliphatic hydroxyl groups excluding tert-OH is 1. The lowest BCUT2D eigenvalue weighted by atomic mass is 10.2. The van der Waals surface area contributed by atoms with Gasteiger partial charge in [-0.25, -0.2) is 0 Å². The first-order valence-electron chi connectivity index (χ1n) is 5.52. The molecule has 1 unspecified atom stereocenters. The number of H-pyrrole nitrogens is 1. The van der Waals surface area contributed by atoms with E-state index in [1.54, 1.807) is 11.9 Å². The van der Waals surface area contributed by atoms with Crippen molar-refractivity contribution in [2.75, 3.05) is 6.54 Å². The lowest BCUT2D eigenvalue weighted by molar-refractivity contribution is -0.141. The second-order valence-corrected chi connectivity index (χ2v) is 3.88. The number of nitrogens with one attached hydrogen (secondary N) is 2. The molecular formula is C11H13F3N2O3. The zero-order valence-corrected chi connectivity index (χ0v) is 10.0. The van der Waals surface area contributed by atoms with Gasteiger partial charge < -0.3 is 15.4 Å². The van der Waals surface area contributed by atoms with E-state index in [-0.39, 0.29) is 6.54 Å². The minimum absolute atomic E-state index is 0.0736. The van der Waals surface area contributed by atoms with E-state index in [0.29, 0.717) is 12.5 Å². The predicted molar refractivity (Wildman–Crippen MR) is 60.7 cm³/mol. The Kier molecular flexibility index (Phi) is 4.71. The molecule has 3 N–H and O–H groups in total. The molecule has 0 saturated heterocycles. The fourth-order valence-corrected chi connectivity index (χ4v) is 1.27. The molecule has 0 bridgehead atoms. The number of hydrogen-bond donors (Lipinski definition) is 3. The third kappa shape index (κ3) is 4.09. The molecule has 0 spiro atoms. The van der Waals surface area contributed by atoms with Gasteiger partial charge in [0.25, 0.3) is 11.5 Å². The van der Waals surface area contributed by atoms with Crippen molar-refractivity contribution < 1.29 is 23.1 Å². The topological polar surface area (TPSA) is 82.2 Å². The average Bonchev–Trinajstić information content (AvgIpc) is 2.34. The number of amides is 1. The minimum atomic E-state index is -4.67. The summed E-state index contributed by atoms with van der Waals surface area (Å²) in [5, 5.41) is 11.5. The number of alkyl halides is 3. The van der Waals surface area contributed by atoms with Gasteiger partial charge in [0, 0.05) is 6.54 Å². The third-order valence-corrected chi connectivity index (χ3v) is 2.43. The Balaban J connectivity index is 2.86. The number of carbonyl (C=O) groups excluding carboxylic acids is 1. The van der Waals surface area contributed by atoms with Crippen LogP contribution in [-0.2, 0) is 6.18 Å². The maximum absolute atomic E-state index is 12.3. The Bertz CT molecular complexity index is 511. The van der Waals surface area contributed by atoms with Gasteiger partial charge >= 0.3 is 6.18 Å². The van der Waals surface area contributed by atoms with Crippen LogP contribution in [-0.4, -0.2) is 28.6 Å². The van der Waals surface area contributed by atoms with Crippen LogP contribution in [0.25, 0.3) is 0 Å². The van der Waals surface area contributed by atoms with Crippen LogP contribution in [0.3, 0.4) is 0 Å². The molecule has 1 aromatic heterocycles. The Morgan fingerprint density at radius 1 is 1.47 bits per heavy atom. The average molecular weight is 278 g/mol. The van der Waals surface area contributed by atoms with Crippen molar-refractivity contribution in [3.8, 4) is 0 Å². The second-order valence-electron chi connectivity index (χ2n) is 3.88. The lowest BCUT2D eigenvalue weighted by Crippen LogP contribution is -2.35. The van der Waals surface area contributed by atoms with Crippen molar-refractivity contribution >= 4 is 5.91 Å². The quantitative estimate of drug-likeness (QED) is 0.765. The molecule has 19 heavy (non-hydrogen) atoms. The molecule has 0 aliphatic heterocycles. The summed E-state index contributed by atoms with van der Waals surface area (Å²) in [7, 11) is 0. The van der Waals surface area contributed by atoms with Crippen LogP contribution in [0.4, 0.5) is 13.2 Å². The first kappa shape index (κ1) is 15.2. The van der Waals surface area contributed by atoms with Crippen LogP contribution in [0, 0.1) is 0 Å². The summed E-state index contributed by atoms with van der Waals surface area (Å²) in [6, 6.07) is 1.42. The predicted octanol–water partition coefficient (Wildman–Crippen LogP) is 0.894. The van der Waals surface area contributed by atoms with Crippen molar-refractivity contribution in [2.45, 2.75) is 25.6 Å². The van der Waals surface area contributed by atoms with E-state index >= 15 is 0 Å². The maximum Gasteiger partial charge on any atom is 0.431 e. The molecule has 5 nitrogen and oxygen atoms in total. The molecule has 1 aromatic rings. The van der Waals surface area contributed by atoms with E-state index in [2.05, 4.69) is 5.32 Å². The van der Waals surface area contributed by atoms with Gasteiger partial charge in [0.05, 0.1) is 6.10 Å². The lowest BCUT2D eigenvalue weighted by Gasteiger charge is -2.10. The van der Waals surface area contributed by atoms with Crippen LogP contribution in [0.2, 0.25) is 0 Å². The van der Waals surface area contributed by atoms with Crippen molar-refractivity contribution in [1.82, 2.24) is 10.3 Å². The minimum Gasteiger partial charge on any atom is -0.391 e. The monoisotopic (exact) mass is 278 g/mol. The highest BCUT2D eigenvalue weighted by Gasteiger charge is 2.32. The van der Waals surface area contributed by atoms with Crippen molar-refractivity contribution in [1.29, 1.82) is 0 Å². The SMILES string of the molecule is CCC(O)CNC(=O)c1ccc(C(F)(F)F)[nH]c1=O. The number of aromatic amines is 1. The van der Waals surface area contributed by atoms with E-state index < -0.39 is 35.0 Å². The highest BCUT2D eigenvalue weighted by molar-refractivity contribution is 5.93. The van der Waals surface area contributed by atoms with Crippen molar-refractivity contribution in [2.24, 2.45) is 0 Å². The Labute approximate surface area is 106 Å². The molecule has 0 radical (unpaired) electrons. The first-order chi connectivity index (χ1) is 8.75. The summed E-state index contributed by atoms with van der Waals surface area (Å²) in [6.07, 6.45) is -5.03. The van der Waals surface area contributed by atoms with Gasteiger partial charge in [-0.2, -0.15) is 13.2 Å². The van der Waals surface area contributed by atoms with Crippen LogP contribution < -0.4 is 10.9 Å². The van der Waals surface area contributed by atoms with Gasteiger partial charge in [-0.05, 0) is 18.6 Å². The fourth-order valence-electron chi connectivity index (χ4n) is 1.27. The highest BCUT2D eigenvalue weighted by atomic mass is 19.4. The van der Waals surface area contributed by atoms with Crippen LogP contribution >= 0.6 is 0 Å². The van der Waals surface area contributed by atoms with E-state index in [9.17, 15) is 27.9 Å². The molecular weight excluding hydrogens is 265 g/mol. The van der Waals surface area contributed by atoms with Crippen LogP contribution in [0.15, 0.2) is 16.9 Å². The number of rotatable bonds is 4. The molecule has 0 fully saturated rings. The number of aliphatic hydroxyl groups is 1. The molecule has 0 aliphatic rings. The van der Waals surface area contributed by atoms with Gasteiger partial charge in [-0.15, -0.1) is 0 Å². The number of carbonyl (C=O) groups is 1. The normalized spacial score (nSPS) is 13.1. The molecule has 1 atom stereocenters. The van der Waals surface area contributed by atoms with Gasteiger partial charge in [0.2, 0.25) is 0 Å². The number of pyridine rings is 1. The van der Waals surface area contributed by atoms with E-state index in [1.807, 2.05) is 0 Å². The van der Waals surface area contributed by atoms with E-state index in [1.165, 1.54) is 0 Å². The summed E-state index contributed by atoms with van der Waals surface area (Å²) >= 11 is 0. The highest BCUT2D eigenvalue weighted by Crippen LogP contribution is 2.26. The standard InChI is InChI=1S/C11H13F3N2O3/c1-2-6(17)5-15-9(18)7-3-4-8(11(12,13)14)16-10(7)19/h3-4,6,17H,2,5H2,1H3,(H,15,18)(H,16,19). The molecule has 106 valence electrons. The molecule has 1 rings (SSSR count). The maximum atomic E-state index is 12.3. The summed E-state index contributed by atoms with van der Waals surface area (Å²) in [6.45, 7) is 1.62. The summed E-state index contributed by atoms with van der Waals surface area (Å²) in [4.78, 5) is 24.5. The van der Waals surface area contributed by atoms with Crippen LogP contribution in [0.5, 0.6) is 0 Å². The Morgan fingerprint density at radius 3 is 2.58 bits per heavy atom. The molecule has 8 heteroatoms. The van der Waals surface area contributed by atoms with Crippen LogP contribution in [0.1, 0.15) is 29.4 Å². The smallest absolute Gasteiger partial charge is 0.391 e. The summed E-state index contributed by atoms with van der Waals surface area (Å²) < 4.78 is 36.9. The molecule has 0 aromatic carbocycles. The fraction of sp³-hybridized carbons (Fsp3) is 0.455. The third-order valence-electron chi connectivity index (χ3n) is 2.43. The molecule has 0 aliphatic carbocycles. The van der Waals surface area contributed by atoms with E-state index in [4.69, 9.17) is 0 Å².